The van der Waals surface area contributed by atoms with E-state index in [1.54, 1.807) is 6.21 Å². The van der Waals surface area contributed by atoms with Crippen LogP contribution in [0.2, 0.25) is 0 Å². The number of benzene rings is 2. The lowest BCUT2D eigenvalue weighted by atomic mass is 10.1. The summed E-state index contributed by atoms with van der Waals surface area (Å²) in [5, 5.41) is 3.98. The fourth-order valence-corrected chi connectivity index (χ4v) is 1.76. The maximum Gasteiger partial charge on any atom is 0.142 e. The standard InChI is InChI=1S/C16H17NO/c1-13-5-3-7-15(9-13)11-17-18-12-16-8-4-6-14(2)10-16/h3-11H,12H2,1-2H3. The molecule has 0 aromatic heterocycles. The van der Waals surface area contributed by atoms with Gasteiger partial charge in [0.05, 0.1) is 6.21 Å². The van der Waals surface area contributed by atoms with Gasteiger partial charge in [-0.05, 0) is 25.0 Å². The van der Waals surface area contributed by atoms with Crippen LogP contribution in [0.3, 0.4) is 0 Å². The predicted octanol–water partition coefficient (Wildman–Crippen LogP) is 3.85. The van der Waals surface area contributed by atoms with Crippen molar-refractivity contribution in [3.05, 3.63) is 70.8 Å². The van der Waals surface area contributed by atoms with Crippen LogP contribution in [0.5, 0.6) is 0 Å². The Kier molecular flexibility index (Phi) is 4.13. The van der Waals surface area contributed by atoms with Crippen molar-refractivity contribution in [2.45, 2.75) is 20.5 Å². The predicted molar refractivity (Wildman–Crippen MR) is 74.7 cm³/mol. The Morgan fingerprint density at radius 2 is 1.72 bits per heavy atom. The maximum absolute atomic E-state index is 5.29. The lowest BCUT2D eigenvalue weighted by Crippen LogP contribution is -1.89. The topological polar surface area (TPSA) is 21.6 Å². The fraction of sp³-hybridized carbons (Fsp3) is 0.188. The van der Waals surface area contributed by atoms with Crippen LogP contribution in [-0.2, 0) is 11.4 Å². The third kappa shape index (κ3) is 3.74. The minimum atomic E-state index is 0.504. The molecule has 0 aliphatic rings. The van der Waals surface area contributed by atoms with Crippen LogP contribution >= 0.6 is 0 Å². The SMILES string of the molecule is Cc1cccc(C=NOCc2cccc(C)c2)c1. The molecule has 0 heterocycles. The van der Waals surface area contributed by atoms with Crippen LogP contribution in [0.25, 0.3) is 0 Å². The van der Waals surface area contributed by atoms with Crippen LogP contribution in [0.15, 0.2) is 53.7 Å². The number of hydrogen-bond donors (Lipinski definition) is 0. The highest BCUT2D eigenvalue weighted by molar-refractivity contribution is 5.79. The monoisotopic (exact) mass is 239 g/mol. The van der Waals surface area contributed by atoms with Gasteiger partial charge < -0.3 is 4.84 Å². The van der Waals surface area contributed by atoms with E-state index in [1.807, 2.05) is 24.3 Å². The van der Waals surface area contributed by atoms with Gasteiger partial charge in [-0.15, -0.1) is 0 Å². The second-order valence-corrected chi connectivity index (χ2v) is 4.41. The van der Waals surface area contributed by atoms with Gasteiger partial charge in [0.25, 0.3) is 0 Å². The molecule has 2 aromatic carbocycles. The molecule has 0 bridgehead atoms. The van der Waals surface area contributed by atoms with Crippen molar-refractivity contribution < 1.29 is 4.84 Å². The zero-order chi connectivity index (χ0) is 12.8. The van der Waals surface area contributed by atoms with Gasteiger partial charge in [-0.2, -0.15) is 0 Å². The third-order valence-electron chi connectivity index (χ3n) is 2.63. The van der Waals surface area contributed by atoms with Crippen molar-refractivity contribution in [1.82, 2.24) is 0 Å². The Morgan fingerprint density at radius 1 is 1.00 bits per heavy atom. The molecule has 0 atom stereocenters. The Labute approximate surface area is 108 Å². The van der Waals surface area contributed by atoms with E-state index in [0.29, 0.717) is 6.61 Å². The Balaban J connectivity index is 1.89. The molecule has 2 aromatic rings. The van der Waals surface area contributed by atoms with Crippen molar-refractivity contribution >= 4 is 6.21 Å². The van der Waals surface area contributed by atoms with Gasteiger partial charge in [-0.1, -0.05) is 64.8 Å². The summed E-state index contributed by atoms with van der Waals surface area (Å²) < 4.78 is 0. The molecule has 2 rings (SSSR count). The van der Waals surface area contributed by atoms with E-state index in [1.165, 1.54) is 11.1 Å². The van der Waals surface area contributed by atoms with E-state index in [0.717, 1.165) is 11.1 Å². The zero-order valence-electron chi connectivity index (χ0n) is 10.8. The van der Waals surface area contributed by atoms with E-state index in [2.05, 4.69) is 43.3 Å². The molecule has 0 saturated carbocycles. The summed E-state index contributed by atoms with van der Waals surface area (Å²) in [6.07, 6.45) is 1.74. The molecule has 0 radical (unpaired) electrons. The molecule has 2 nitrogen and oxygen atoms in total. The van der Waals surface area contributed by atoms with Crippen LogP contribution < -0.4 is 0 Å². The molecule has 0 spiro atoms. The van der Waals surface area contributed by atoms with Crippen LogP contribution in [0.1, 0.15) is 22.3 Å². The molecule has 0 aliphatic carbocycles. The number of hydrogen-bond acceptors (Lipinski definition) is 2. The maximum atomic E-state index is 5.29. The van der Waals surface area contributed by atoms with E-state index in [4.69, 9.17) is 4.84 Å². The summed E-state index contributed by atoms with van der Waals surface area (Å²) in [5.41, 5.74) is 4.65. The second kappa shape index (κ2) is 6.01. The number of oxime groups is 1. The minimum Gasteiger partial charge on any atom is -0.391 e. The van der Waals surface area contributed by atoms with Crippen LogP contribution in [0.4, 0.5) is 0 Å². The molecule has 0 saturated heterocycles. The first kappa shape index (κ1) is 12.4. The smallest absolute Gasteiger partial charge is 0.142 e. The summed E-state index contributed by atoms with van der Waals surface area (Å²) >= 11 is 0. The molecule has 0 aliphatic heterocycles. The lowest BCUT2D eigenvalue weighted by Gasteiger charge is -2.01. The molecule has 0 amide bonds. The van der Waals surface area contributed by atoms with Crippen molar-refractivity contribution in [2.75, 3.05) is 0 Å². The fourth-order valence-electron chi connectivity index (χ4n) is 1.76. The Hall–Kier alpha value is -2.09. The van der Waals surface area contributed by atoms with Gasteiger partial charge in [0.2, 0.25) is 0 Å². The first-order chi connectivity index (χ1) is 8.74. The highest BCUT2D eigenvalue weighted by Crippen LogP contribution is 2.06. The molecular weight excluding hydrogens is 222 g/mol. The largest absolute Gasteiger partial charge is 0.391 e. The van der Waals surface area contributed by atoms with Gasteiger partial charge in [0, 0.05) is 0 Å². The molecule has 0 unspecified atom stereocenters. The summed E-state index contributed by atoms with van der Waals surface area (Å²) in [7, 11) is 0. The van der Waals surface area contributed by atoms with Crippen molar-refractivity contribution in [1.29, 1.82) is 0 Å². The van der Waals surface area contributed by atoms with Gasteiger partial charge in [-0.3, -0.25) is 0 Å². The summed E-state index contributed by atoms with van der Waals surface area (Å²) in [6.45, 7) is 4.63. The third-order valence-corrected chi connectivity index (χ3v) is 2.63. The molecule has 92 valence electrons. The first-order valence-corrected chi connectivity index (χ1v) is 6.01. The molecule has 0 fully saturated rings. The van der Waals surface area contributed by atoms with E-state index in [-0.39, 0.29) is 0 Å². The summed E-state index contributed by atoms with van der Waals surface area (Å²) in [4.78, 5) is 5.29. The van der Waals surface area contributed by atoms with Gasteiger partial charge in [0.1, 0.15) is 6.61 Å². The summed E-state index contributed by atoms with van der Waals surface area (Å²) in [5.74, 6) is 0. The summed E-state index contributed by atoms with van der Waals surface area (Å²) in [6, 6.07) is 16.4. The average Bonchev–Trinajstić information content (AvgIpc) is 2.35. The van der Waals surface area contributed by atoms with Crippen molar-refractivity contribution in [3.8, 4) is 0 Å². The molecule has 2 heteroatoms. The van der Waals surface area contributed by atoms with Crippen LogP contribution in [0, 0.1) is 13.8 Å². The van der Waals surface area contributed by atoms with E-state index in [9.17, 15) is 0 Å². The van der Waals surface area contributed by atoms with Gasteiger partial charge in [0.15, 0.2) is 0 Å². The quantitative estimate of drug-likeness (QED) is 0.586. The van der Waals surface area contributed by atoms with Crippen molar-refractivity contribution in [2.24, 2.45) is 5.16 Å². The number of rotatable bonds is 4. The Bertz CT molecular complexity index is 546. The number of aryl methyl sites for hydroxylation is 2. The van der Waals surface area contributed by atoms with E-state index >= 15 is 0 Å². The molecular formula is C16H17NO. The minimum absolute atomic E-state index is 0.504. The average molecular weight is 239 g/mol. The first-order valence-electron chi connectivity index (χ1n) is 6.01. The molecule has 18 heavy (non-hydrogen) atoms. The normalized spacial score (nSPS) is 10.8. The van der Waals surface area contributed by atoms with Crippen molar-refractivity contribution in [3.63, 3.8) is 0 Å². The highest BCUT2D eigenvalue weighted by atomic mass is 16.6. The van der Waals surface area contributed by atoms with Gasteiger partial charge in [-0.25, -0.2) is 0 Å². The Morgan fingerprint density at radius 3 is 2.44 bits per heavy atom. The zero-order valence-corrected chi connectivity index (χ0v) is 10.8. The second-order valence-electron chi connectivity index (χ2n) is 4.41. The highest BCUT2D eigenvalue weighted by Gasteiger charge is 1.93. The lowest BCUT2D eigenvalue weighted by molar-refractivity contribution is 0.132. The number of nitrogens with zero attached hydrogens (tertiary/aromatic N) is 1. The van der Waals surface area contributed by atoms with E-state index < -0.39 is 0 Å². The van der Waals surface area contributed by atoms with Gasteiger partial charge >= 0.3 is 0 Å². The van der Waals surface area contributed by atoms with Crippen LogP contribution in [-0.4, -0.2) is 6.21 Å². The molecule has 0 N–H and O–H groups in total.